The van der Waals surface area contributed by atoms with E-state index in [2.05, 4.69) is 10.6 Å². The number of methoxy groups -OCH3 is 1. The molecule has 160 valence electrons. The average molecular weight is 449 g/mol. The highest BCUT2D eigenvalue weighted by Gasteiger charge is 2.23. The molecule has 9 heteroatoms. The largest absolute Gasteiger partial charge is 0.497 e. The van der Waals surface area contributed by atoms with E-state index >= 15 is 0 Å². The number of anilines is 1. The van der Waals surface area contributed by atoms with E-state index in [1.165, 1.54) is 23.9 Å². The van der Waals surface area contributed by atoms with Crippen LogP contribution >= 0.6 is 11.8 Å². The Morgan fingerprint density at radius 1 is 1.27 bits per heavy atom. The zero-order valence-electron chi connectivity index (χ0n) is 16.8. The molecule has 0 aliphatic carbocycles. The van der Waals surface area contributed by atoms with Crippen molar-refractivity contribution in [2.45, 2.75) is 29.7 Å². The Morgan fingerprint density at radius 3 is 2.83 bits per heavy atom. The Balaban J connectivity index is 1.60. The van der Waals surface area contributed by atoms with Crippen LogP contribution < -0.4 is 15.4 Å². The van der Waals surface area contributed by atoms with E-state index in [9.17, 15) is 18.0 Å². The second-order valence-electron chi connectivity index (χ2n) is 7.06. The molecule has 1 heterocycles. The molecule has 0 fully saturated rings. The molecule has 2 aromatic rings. The molecule has 2 N–H and O–H groups in total. The van der Waals surface area contributed by atoms with Crippen LogP contribution in [0.2, 0.25) is 0 Å². The van der Waals surface area contributed by atoms with Gasteiger partial charge in [-0.3, -0.25) is 9.59 Å². The van der Waals surface area contributed by atoms with Crippen molar-refractivity contribution in [3.8, 4) is 5.75 Å². The monoisotopic (exact) mass is 448 g/mol. The molecular weight excluding hydrogens is 424 g/mol. The van der Waals surface area contributed by atoms with Crippen molar-refractivity contribution in [3.63, 3.8) is 0 Å². The zero-order valence-corrected chi connectivity index (χ0v) is 18.4. The Labute approximate surface area is 180 Å². The summed E-state index contributed by atoms with van der Waals surface area (Å²) in [6.07, 6.45) is -0.151. The number of ether oxygens (including phenoxy) is 1. The molecule has 1 aliphatic heterocycles. The number of hydrogen-bond donors (Lipinski definition) is 2. The average Bonchev–Trinajstić information content (AvgIpc) is 2.88. The quantitative estimate of drug-likeness (QED) is 0.675. The number of carbonyl (C=O) groups is 2. The molecule has 2 aromatic carbocycles. The fourth-order valence-electron chi connectivity index (χ4n) is 2.89. The Hall–Kier alpha value is -2.52. The first-order valence-electron chi connectivity index (χ1n) is 9.48. The Kier molecular flexibility index (Phi) is 7.04. The van der Waals surface area contributed by atoms with Gasteiger partial charge in [0.05, 0.1) is 23.4 Å². The number of amides is 2. The lowest BCUT2D eigenvalue weighted by Gasteiger charge is -2.10. The summed E-state index contributed by atoms with van der Waals surface area (Å²) in [6, 6.07) is 12.0. The normalized spacial score (nSPS) is 16.2. The van der Waals surface area contributed by atoms with E-state index in [0.29, 0.717) is 17.2 Å². The molecule has 0 saturated carbocycles. The summed E-state index contributed by atoms with van der Waals surface area (Å²) in [6.45, 7) is 2.12. The molecule has 2 amide bonds. The van der Waals surface area contributed by atoms with Gasteiger partial charge in [0.25, 0.3) is 0 Å². The predicted molar refractivity (Wildman–Crippen MR) is 116 cm³/mol. The lowest BCUT2D eigenvalue weighted by atomic mass is 10.2. The summed E-state index contributed by atoms with van der Waals surface area (Å²) in [7, 11) is -2.10. The number of rotatable bonds is 7. The van der Waals surface area contributed by atoms with Gasteiger partial charge < -0.3 is 15.4 Å². The van der Waals surface area contributed by atoms with Crippen LogP contribution in [0.3, 0.4) is 0 Å². The SMILES string of the molecule is COc1cccc(CNC(=O)CCS(=O)(=O)c2ccc3c(c2)NC(=O)[C@@H](C)CS3)c1. The molecule has 0 aromatic heterocycles. The summed E-state index contributed by atoms with van der Waals surface area (Å²) in [5.74, 6) is 0.371. The third-order valence-electron chi connectivity index (χ3n) is 4.73. The number of sulfone groups is 1. The van der Waals surface area contributed by atoms with Gasteiger partial charge in [-0.05, 0) is 35.9 Å². The van der Waals surface area contributed by atoms with Crippen LogP contribution in [0, 0.1) is 5.92 Å². The summed E-state index contributed by atoms with van der Waals surface area (Å²) in [5.41, 5.74) is 1.36. The van der Waals surface area contributed by atoms with Gasteiger partial charge in [-0.15, -0.1) is 11.8 Å². The fraction of sp³-hybridized carbons (Fsp3) is 0.333. The lowest BCUT2D eigenvalue weighted by Crippen LogP contribution is -2.25. The number of hydrogen-bond acceptors (Lipinski definition) is 6. The number of carbonyl (C=O) groups excluding carboxylic acids is 2. The molecule has 3 rings (SSSR count). The van der Waals surface area contributed by atoms with Crippen molar-refractivity contribution in [1.82, 2.24) is 5.32 Å². The van der Waals surface area contributed by atoms with E-state index in [1.54, 1.807) is 25.3 Å². The van der Waals surface area contributed by atoms with Gasteiger partial charge in [-0.2, -0.15) is 0 Å². The van der Waals surface area contributed by atoms with Crippen molar-refractivity contribution in [2.75, 3.05) is 23.9 Å². The molecule has 0 saturated heterocycles. The zero-order chi connectivity index (χ0) is 21.7. The van der Waals surface area contributed by atoms with Crippen molar-refractivity contribution in [3.05, 3.63) is 48.0 Å². The lowest BCUT2D eigenvalue weighted by molar-refractivity contribution is -0.121. The van der Waals surface area contributed by atoms with Gasteiger partial charge in [0.15, 0.2) is 9.84 Å². The van der Waals surface area contributed by atoms with Crippen molar-refractivity contribution in [1.29, 1.82) is 0 Å². The molecule has 30 heavy (non-hydrogen) atoms. The number of thioether (sulfide) groups is 1. The van der Waals surface area contributed by atoms with Crippen LogP contribution in [0.25, 0.3) is 0 Å². The second kappa shape index (κ2) is 9.53. The van der Waals surface area contributed by atoms with Gasteiger partial charge in [0, 0.05) is 29.5 Å². The molecule has 0 unspecified atom stereocenters. The van der Waals surface area contributed by atoms with Crippen LogP contribution in [-0.4, -0.2) is 38.8 Å². The van der Waals surface area contributed by atoms with Crippen LogP contribution in [0.5, 0.6) is 5.75 Å². The van der Waals surface area contributed by atoms with Crippen molar-refractivity contribution < 1.29 is 22.7 Å². The van der Waals surface area contributed by atoms with E-state index in [0.717, 1.165) is 10.5 Å². The molecule has 0 bridgehead atoms. The fourth-order valence-corrected chi connectivity index (χ4v) is 5.16. The summed E-state index contributed by atoms with van der Waals surface area (Å²) in [4.78, 5) is 25.1. The van der Waals surface area contributed by atoms with E-state index in [-0.39, 0.29) is 41.3 Å². The van der Waals surface area contributed by atoms with Crippen molar-refractivity contribution >= 4 is 39.1 Å². The number of fused-ring (bicyclic) bond motifs is 1. The van der Waals surface area contributed by atoms with Gasteiger partial charge in [-0.25, -0.2) is 8.42 Å². The predicted octanol–water partition coefficient (Wildman–Crippen LogP) is 2.86. The summed E-state index contributed by atoms with van der Waals surface area (Å²) in [5, 5.41) is 5.51. The molecule has 1 aliphatic rings. The van der Waals surface area contributed by atoms with Crippen LogP contribution in [0.4, 0.5) is 5.69 Å². The van der Waals surface area contributed by atoms with Crippen LogP contribution in [-0.2, 0) is 26.0 Å². The number of benzene rings is 2. The van der Waals surface area contributed by atoms with Gasteiger partial charge in [0.1, 0.15) is 5.75 Å². The maximum atomic E-state index is 12.7. The minimum absolute atomic E-state index is 0.0947. The number of nitrogens with one attached hydrogen (secondary N) is 2. The first kappa shape index (κ1) is 22.2. The third kappa shape index (κ3) is 5.54. The smallest absolute Gasteiger partial charge is 0.228 e. The Bertz CT molecular complexity index is 1050. The van der Waals surface area contributed by atoms with E-state index < -0.39 is 9.84 Å². The van der Waals surface area contributed by atoms with Gasteiger partial charge in [0.2, 0.25) is 11.8 Å². The maximum Gasteiger partial charge on any atom is 0.228 e. The van der Waals surface area contributed by atoms with Crippen LogP contribution in [0.15, 0.2) is 52.3 Å². The summed E-state index contributed by atoms with van der Waals surface area (Å²) >= 11 is 1.51. The van der Waals surface area contributed by atoms with Gasteiger partial charge in [-0.1, -0.05) is 19.1 Å². The minimum Gasteiger partial charge on any atom is -0.497 e. The van der Waals surface area contributed by atoms with Crippen LogP contribution in [0.1, 0.15) is 18.9 Å². The van der Waals surface area contributed by atoms with Crippen molar-refractivity contribution in [2.24, 2.45) is 5.92 Å². The highest BCUT2D eigenvalue weighted by molar-refractivity contribution is 7.99. The first-order valence-corrected chi connectivity index (χ1v) is 12.1. The van der Waals surface area contributed by atoms with E-state index in [4.69, 9.17) is 4.74 Å². The molecule has 0 radical (unpaired) electrons. The molecule has 1 atom stereocenters. The van der Waals surface area contributed by atoms with Gasteiger partial charge >= 0.3 is 0 Å². The molecule has 0 spiro atoms. The topological polar surface area (TPSA) is 102 Å². The second-order valence-corrected chi connectivity index (χ2v) is 10.2. The molecular formula is C21H24N2O5S2. The highest BCUT2D eigenvalue weighted by atomic mass is 32.2. The highest BCUT2D eigenvalue weighted by Crippen LogP contribution is 2.34. The minimum atomic E-state index is -3.67. The standard InChI is InChI=1S/C21H24N2O5S2/c1-14-13-29-19-7-6-17(11-18(19)23-21(14)25)30(26,27)9-8-20(24)22-12-15-4-3-5-16(10-15)28-2/h3-7,10-11,14H,8-9,12-13H2,1-2H3,(H,22,24)(H,23,25)/t14-/m0/s1. The maximum absolute atomic E-state index is 12.7. The molecule has 7 nitrogen and oxygen atoms in total. The Morgan fingerprint density at radius 2 is 2.07 bits per heavy atom. The third-order valence-corrected chi connectivity index (χ3v) is 7.77. The first-order chi connectivity index (χ1) is 14.3. The summed E-state index contributed by atoms with van der Waals surface area (Å²) < 4.78 is 30.5. The van der Waals surface area contributed by atoms with E-state index in [1.807, 2.05) is 19.1 Å².